The number of hydrogen-bond acceptors (Lipinski definition) is 5. The maximum Gasteiger partial charge on any atom is 0.261 e. The number of nitrogens with zero attached hydrogens (tertiary/aromatic N) is 1. The monoisotopic (exact) mass is 456 g/mol. The molecular formula is C22H24N4O5S. The first kappa shape index (κ1) is 21.8. The van der Waals surface area contributed by atoms with Crippen LogP contribution in [0, 0.1) is 5.92 Å². The number of rotatable bonds is 5. The van der Waals surface area contributed by atoms with Gasteiger partial charge >= 0.3 is 0 Å². The summed E-state index contributed by atoms with van der Waals surface area (Å²) < 4.78 is 28.6. The number of carbonyl (C=O) groups excluding carboxylic acids is 3. The normalized spacial score (nSPS) is 16.8. The topological polar surface area (TPSA) is 139 Å². The van der Waals surface area contributed by atoms with Crippen molar-refractivity contribution in [2.75, 3.05) is 23.1 Å². The minimum Gasteiger partial charge on any atom is -0.369 e. The molecule has 2 aliphatic rings. The second-order valence-electron chi connectivity index (χ2n) is 7.99. The van der Waals surface area contributed by atoms with E-state index in [1.807, 2.05) is 0 Å². The first-order chi connectivity index (χ1) is 15.2. The summed E-state index contributed by atoms with van der Waals surface area (Å²) in [5.74, 6) is -1.02. The summed E-state index contributed by atoms with van der Waals surface area (Å²) in [5, 5.41) is 2.73. The predicted molar refractivity (Wildman–Crippen MR) is 118 cm³/mol. The van der Waals surface area contributed by atoms with E-state index >= 15 is 0 Å². The number of nitrogens with two attached hydrogens (primary N) is 1. The van der Waals surface area contributed by atoms with Crippen LogP contribution in [-0.2, 0) is 26.0 Å². The van der Waals surface area contributed by atoms with Gasteiger partial charge in [-0.2, -0.15) is 0 Å². The van der Waals surface area contributed by atoms with Crippen molar-refractivity contribution in [3.8, 4) is 0 Å². The largest absolute Gasteiger partial charge is 0.369 e. The standard InChI is InChI=1S/C22H24N4O5S/c23-21(28)14-9-11-26(12-10-14)22(29)17-3-1-2-4-19(17)25-32(30,31)16-6-7-18-15(13-16)5-8-20(27)24-18/h1-4,6-7,13-14,25H,5,8-12H2,(H2,23,28)(H,24,27). The molecule has 1 fully saturated rings. The summed E-state index contributed by atoms with van der Waals surface area (Å²) >= 11 is 0. The average molecular weight is 457 g/mol. The highest BCUT2D eigenvalue weighted by molar-refractivity contribution is 7.92. The fourth-order valence-electron chi connectivity index (χ4n) is 4.03. The molecule has 0 bridgehead atoms. The highest BCUT2D eigenvalue weighted by Gasteiger charge is 2.28. The number of carbonyl (C=O) groups is 3. The van der Waals surface area contributed by atoms with Gasteiger partial charge in [-0.15, -0.1) is 0 Å². The average Bonchev–Trinajstić information content (AvgIpc) is 2.78. The van der Waals surface area contributed by atoms with Gasteiger partial charge in [-0.25, -0.2) is 8.42 Å². The molecule has 2 aliphatic heterocycles. The van der Waals surface area contributed by atoms with E-state index in [0.29, 0.717) is 44.5 Å². The lowest BCUT2D eigenvalue weighted by Gasteiger charge is -2.31. The van der Waals surface area contributed by atoms with Crippen LogP contribution in [0.25, 0.3) is 0 Å². The van der Waals surface area contributed by atoms with Crippen molar-refractivity contribution in [1.82, 2.24) is 4.90 Å². The van der Waals surface area contributed by atoms with E-state index in [4.69, 9.17) is 5.73 Å². The Labute approximate surface area is 186 Å². The fourth-order valence-corrected chi connectivity index (χ4v) is 5.16. The molecular weight excluding hydrogens is 432 g/mol. The van der Waals surface area contributed by atoms with E-state index in [2.05, 4.69) is 10.0 Å². The van der Waals surface area contributed by atoms with E-state index in [1.165, 1.54) is 12.1 Å². The lowest BCUT2D eigenvalue weighted by molar-refractivity contribution is -0.123. The molecule has 0 atom stereocenters. The molecule has 0 saturated carbocycles. The molecule has 9 nitrogen and oxygen atoms in total. The van der Waals surface area contributed by atoms with Gasteiger partial charge in [-0.1, -0.05) is 12.1 Å². The molecule has 0 radical (unpaired) electrons. The lowest BCUT2D eigenvalue weighted by atomic mass is 9.96. The molecule has 10 heteroatoms. The molecule has 0 unspecified atom stereocenters. The van der Waals surface area contributed by atoms with Crippen molar-refractivity contribution >= 4 is 39.1 Å². The fraction of sp³-hybridized carbons (Fsp3) is 0.318. The summed E-state index contributed by atoms with van der Waals surface area (Å²) in [6.07, 6.45) is 1.73. The zero-order valence-electron chi connectivity index (χ0n) is 17.3. The van der Waals surface area contributed by atoms with Crippen molar-refractivity contribution in [3.05, 3.63) is 53.6 Å². The van der Waals surface area contributed by atoms with Gasteiger partial charge in [0.25, 0.3) is 15.9 Å². The number of piperidine rings is 1. The number of amides is 3. The number of anilines is 2. The Morgan fingerprint density at radius 1 is 1.06 bits per heavy atom. The first-order valence-electron chi connectivity index (χ1n) is 10.4. The van der Waals surface area contributed by atoms with Gasteiger partial charge in [0.05, 0.1) is 16.1 Å². The van der Waals surface area contributed by atoms with Gasteiger partial charge in [0.1, 0.15) is 0 Å². The van der Waals surface area contributed by atoms with Crippen LogP contribution in [0.2, 0.25) is 0 Å². The third kappa shape index (κ3) is 4.45. The highest BCUT2D eigenvalue weighted by atomic mass is 32.2. The number of sulfonamides is 1. The summed E-state index contributed by atoms with van der Waals surface area (Å²) in [6, 6.07) is 11.0. The predicted octanol–water partition coefficient (Wildman–Crippen LogP) is 1.71. The summed E-state index contributed by atoms with van der Waals surface area (Å²) in [6.45, 7) is 0.758. The molecule has 2 aromatic carbocycles. The quantitative estimate of drug-likeness (QED) is 0.629. The molecule has 168 valence electrons. The first-order valence-corrected chi connectivity index (χ1v) is 11.9. The number of fused-ring (bicyclic) bond motifs is 1. The molecule has 4 N–H and O–H groups in total. The van der Waals surface area contributed by atoms with Gasteiger partial charge in [-0.3, -0.25) is 19.1 Å². The van der Waals surface area contributed by atoms with Gasteiger partial charge in [0, 0.05) is 31.1 Å². The maximum atomic E-state index is 13.1. The summed E-state index contributed by atoms with van der Waals surface area (Å²) in [4.78, 5) is 37.6. The minimum absolute atomic E-state index is 0.0527. The molecule has 3 amide bonds. The van der Waals surface area contributed by atoms with E-state index in [1.54, 1.807) is 35.2 Å². The van der Waals surface area contributed by atoms with Crippen LogP contribution < -0.4 is 15.8 Å². The number of nitrogens with one attached hydrogen (secondary N) is 2. The van der Waals surface area contributed by atoms with E-state index < -0.39 is 10.0 Å². The number of para-hydroxylation sites is 1. The van der Waals surface area contributed by atoms with Crippen LogP contribution >= 0.6 is 0 Å². The van der Waals surface area contributed by atoms with Crippen molar-refractivity contribution in [2.24, 2.45) is 11.7 Å². The molecule has 32 heavy (non-hydrogen) atoms. The van der Waals surface area contributed by atoms with Crippen LogP contribution in [0.4, 0.5) is 11.4 Å². The smallest absolute Gasteiger partial charge is 0.261 e. The Bertz CT molecular complexity index is 1190. The zero-order chi connectivity index (χ0) is 22.9. The van der Waals surface area contributed by atoms with Crippen LogP contribution in [0.1, 0.15) is 35.2 Å². The zero-order valence-corrected chi connectivity index (χ0v) is 18.2. The molecule has 2 heterocycles. The molecule has 2 aromatic rings. The van der Waals surface area contributed by atoms with Gasteiger partial charge < -0.3 is 16.0 Å². The van der Waals surface area contributed by atoms with Crippen molar-refractivity contribution in [1.29, 1.82) is 0 Å². The number of primary amides is 1. The van der Waals surface area contributed by atoms with Crippen LogP contribution in [-0.4, -0.2) is 44.1 Å². The van der Waals surface area contributed by atoms with Crippen molar-refractivity contribution < 1.29 is 22.8 Å². The number of aryl methyl sites for hydroxylation is 1. The summed E-state index contributed by atoms with van der Waals surface area (Å²) in [7, 11) is -3.96. The van der Waals surface area contributed by atoms with Crippen molar-refractivity contribution in [3.63, 3.8) is 0 Å². The molecule has 0 aliphatic carbocycles. The Hall–Kier alpha value is -3.40. The second-order valence-corrected chi connectivity index (χ2v) is 9.67. The van der Waals surface area contributed by atoms with Gasteiger partial charge in [-0.05, 0) is 55.2 Å². The van der Waals surface area contributed by atoms with Gasteiger partial charge in [0.2, 0.25) is 11.8 Å². The molecule has 0 aromatic heterocycles. The minimum atomic E-state index is -3.96. The number of likely N-dealkylation sites (tertiary alicyclic amines) is 1. The molecule has 0 spiro atoms. The van der Waals surface area contributed by atoms with Crippen LogP contribution in [0.3, 0.4) is 0 Å². The Morgan fingerprint density at radius 2 is 1.78 bits per heavy atom. The molecule has 1 saturated heterocycles. The second kappa shape index (κ2) is 8.62. The number of hydrogen-bond donors (Lipinski definition) is 3. The van der Waals surface area contributed by atoms with E-state index in [0.717, 1.165) is 5.56 Å². The third-order valence-corrected chi connectivity index (χ3v) is 7.23. The van der Waals surface area contributed by atoms with E-state index in [9.17, 15) is 22.8 Å². The van der Waals surface area contributed by atoms with E-state index in [-0.39, 0.29) is 39.8 Å². The Kier molecular flexibility index (Phi) is 5.88. The lowest BCUT2D eigenvalue weighted by Crippen LogP contribution is -2.42. The van der Waals surface area contributed by atoms with Gasteiger partial charge in [0.15, 0.2) is 0 Å². The summed E-state index contributed by atoms with van der Waals surface area (Å²) in [5.41, 5.74) is 7.13. The van der Waals surface area contributed by atoms with Crippen LogP contribution in [0.5, 0.6) is 0 Å². The van der Waals surface area contributed by atoms with Crippen LogP contribution in [0.15, 0.2) is 47.4 Å². The Morgan fingerprint density at radius 3 is 2.50 bits per heavy atom. The third-order valence-electron chi connectivity index (χ3n) is 5.87. The maximum absolute atomic E-state index is 13.1. The highest BCUT2D eigenvalue weighted by Crippen LogP contribution is 2.28. The molecule has 4 rings (SSSR count). The SMILES string of the molecule is NC(=O)C1CCN(C(=O)c2ccccc2NS(=O)(=O)c2ccc3c(c2)CCC(=O)N3)CC1. The van der Waals surface area contributed by atoms with Crippen molar-refractivity contribution in [2.45, 2.75) is 30.6 Å². The number of benzene rings is 2. The Balaban J connectivity index is 1.55.